The summed E-state index contributed by atoms with van der Waals surface area (Å²) in [5, 5.41) is 0. The number of carbonyl (C=O) groups excluding carboxylic acids is 3. The second-order valence-electron chi connectivity index (χ2n) is 18.1. The highest BCUT2D eigenvalue weighted by molar-refractivity contribution is 5.71. The number of carbonyl (C=O) groups is 3. The first-order valence-corrected chi connectivity index (χ1v) is 27.7. The van der Waals surface area contributed by atoms with Gasteiger partial charge in [-0.3, -0.25) is 14.4 Å². The van der Waals surface area contributed by atoms with E-state index >= 15 is 0 Å². The number of unbranched alkanes of at least 4 members (excludes halogenated alkanes) is 22. The second kappa shape index (κ2) is 54.9. The molecule has 0 unspecified atom stereocenters. The van der Waals surface area contributed by atoms with Crippen LogP contribution in [0.1, 0.15) is 252 Å². The van der Waals surface area contributed by atoms with Crippen LogP contribution in [0.5, 0.6) is 0 Å². The molecule has 67 heavy (non-hydrogen) atoms. The molecule has 0 heterocycles. The molecule has 0 aromatic carbocycles. The van der Waals surface area contributed by atoms with Gasteiger partial charge in [-0.25, -0.2) is 0 Å². The van der Waals surface area contributed by atoms with Crippen LogP contribution in [0.4, 0.5) is 0 Å². The summed E-state index contributed by atoms with van der Waals surface area (Å²) in [5.74, 6) is -1.06. The van der Waals surface area contributed by atoms with Crippen molar-refractivity contribution in [2.24, 2.45) is 0 Å². The van der Waals surface area contributed by atoms with E-state index < -0.39 is 6.10 Å². The van der Waals surface area contributed by atoms with Gasteiger partial charge in [0.15, 0.2) is 6.10 Å². The molecule has 1 atom stereocenters. The highest BCUT2D eigenvalue weighted by Gasteiger charge is 2.19. The van der Waals surface area contributed by atoms with Gasteiger partial charge < -0.3 is 14.2 Å². The van der Waals surface area contributed by atoms with Gasteiger partial charge in [0.2, 0.25) is 0 Å². The number of esters is 3. The summed E-state index contributed by atoms with van der Waals surface area (Å²) in [6.45, 7) is 6.50. The Kier molecular flexibility index (Phi) is 51.9. The monoisotopic (exact) mass is 931 g/mol. The molecule has 0 N–H and O–H groups in total. The first-order chi connectivity index (χ1) is 33.0. The number of hydrogen-bond acceptors (Lipinski definition) is 6. The molecule has 0 aliphatic carbocycles. The van der Waals surface area contributed by atoms with Crippen LogP contribution >= 0.6 is 0 Å². The largest absolute Gasteiger partial charge is 0.462 e. The summed E-state index contributed by atoms with van der Waals surface area (Å²) >= 11 is 0. The van der Waals surface area contributed by atoms with Crippen molar-refractivity contribution in [3.63, 3.8) is 0 Å². The topological polar surface area (TPSA) is 78.9 Å². The number of rotatable bonds is 49. The van der Waals surface area contributed by atoms with Crippen LogP contribution in [-0.4, -0.2) is 37.2 Å². The van der Waals surface area contributed by atoms with Crippen molar-refractivity contribution in [2.45, 2.75) is 258 Å². The standard InChI is InChI=1S/C61H102O6/c1-4-7-10-13-16-19-22-25-27-29-30-32-33-36-39-42-45-48-51-54-60(63)66-57-58(56-65-59(62)53-50-47-44-41-38-35-24-21-18-15-12-9-6-3)67-61(64)55-52-49-46-43-40-37-34-31-28-26-23-20-17-14-11-8-5-2/h16,19,25-28,30,32,34,36-37,39,43,45-46,48,58H,4-15,17-18,20-24,29,31,33,35,38,40-42,44,47,49-57H2,1-3H3/b19-16-,27-25-,28-26-,32-30-,37-34-,39-36-,46-43-,48-45-/t58-/m0/s1. The molecular weight excluding hydrogens is 829 g/mol. The van der Waals surface area contributed by atoms with Gasteiger partial charge in [0.1, 0.15) is 13.2 Å². The lowest BCUT2D eigenvalue weighted by Crippen LogP contribution is -2.30. The van der Waals surface area contributed by atoms with Gasteiger partial charge >= 0.3 is 17.9 Å². The van der Waals surface area contributed by atoms with Gasteiger partial charge in [-0.05, 0) is 89.9 Å². The predicted molar refractivity (Wildman–Crippen MR) is 288 cm³/mol. The molecule has 0 bridgehead atoms. The van der Waals surface area contributed by atoms with Crippen LogP contribution in [0.3, 0.4) is 0 Å². The van der Waals surface area contributed by atoms with Crippen molar-refractivity contribution >= 4 is 17.9 Å². The Balaban J connectivity index is 4.57. The van der Waals surface area contributed by atoms with Gasteiger partial charge in [-0.2, -0.15) is 0 Å². The minimum Gasteiger partial charge on any atom is -0.462 e. The first-order valence-electron chi connectivity index (χ1n) is 27.7. The summed E-state index contributed by atoms with van der Waals surface area (Å²) in [7, 11) is 0. The lowest BCUT2D eigenvalue weighted by atomic mass is 10.0. The fraction of sp³-hybridized carbons (Fsp3) is 0.689. The van der Waals surface area contributed by atoms with Crippen LogP contribution in [-0.2, 0) is 28.6 Å². The fourth-order valence-electron chi connectivity index (χ4n) is 7.38. The average Bonchev–Trinajstić information content (AvgIpc) is 3.33. The fourth-order valence-corrected chi connectivity index (χ4v) is 7.38. The Morgan fingerprint density at radius 3 is 1.00 bits per heavy atom. The molecule has 0 aliphatic rings. The summed E-state index contributed by atoms with van der Waals surface area (Å²) in [6, 6.07) is 0. The molecule has 6 heteroatoms. The van der Waals surface area contributed by atoms with Gasteiger partial charge in [-0.1, -0.05) is 240 Å². The zero-order valence-electron chi connectivity index (χ0n) is 43.6. The third-order valence-electron chi connectivity index (χ3n) is 11.6. The smallest absolute Gasteiger partial charge is 0.306 e. The number of hydrogen-bond donors (Lipinski definition) is 0. The lowest BCUT2D eigenvalue weighted by molar-refractivity contribution is -0.166. The van der Waals surface area contributed by atoms with E-state index in [2.05, 4.69) is 112 Å². The van der Waals surface area contributed by atoms with E-state index in [9.17, 15) is 14.4 Å². The molecule has 0 saturated carbocycles. The molecule has 0 rings (SSSR count). The molecule has 0 spiro atoms. The third-order valence-corrected chi connectivity index (χ3v) is 11.6. The van der Waals surface area contributed by atoms with E-state index in [0.29, 0.717) is 19.3 Å². The van der Waals surface area contributed by atoms with Crippen molar-refractivity contribution in [1.29, 1.82) is 0 Å². The summed E-state index contributed by atoms with van der Waals surface area (Å²) in [5.41, 5.74) is 0. The van der Waals surface area contributed by atoms with E-state index in [1.807, 2.05) is 6.08 Å². The van der Waals surface area contributed by atoms with Gasteiger partial charge in [0.25, 0.3) is 0 Å². The first kappa shape index (κ1) is 63.3. The summed E-state index contributed by atoms with van der Waals surface area (Å²) < 4.78 is 16.7. The van der Waals surface area contributed by atoms with E-state index in [1.54, 1.807) is 0 Å². The normalized spacial score (nSPS) is 12.8. The maximum Gasteiger partial charge on any atom is 0.306 e. The summed E-state index contributed by atoms with van der Waals surface area (Å²) in [4.78, 5) is 38.0. The molecule has 0 fully saturated rings. The minimum absolute atomic E-state index is 0.119. The molecule has 0 saturated heterocycles. The molecular formula is C61H102O6. The van der Waals surface area contributed by atoms with Gasteiger partial charge in [-0.15, -0.1) is 0 Å². The van der Waals surface area contributed by atoms with E-state index in [4.69, 9.17) is 14.2 Å². The average molecular weight is 931 g/mol. The van der Waals surface area contributed by atoms with Crippen LogP contribution in [0.15, 0.2) is 97.2 Å². The quantitative estimate of drug-likeness (QED) is 0.0262. The van der Waals surface area contributed by atoms with Crippen molar-refractivity contribution in [1.82, 2.24) is 0 Å². The van der Waals surface area contributed by atoms with E-state index in [0.717, 1.165) is 64.2 Å². The lowest BCUT2D eigenvalue weighted by Gasteiger charge is -2.18. The minimum atomic E-state index is -0.833. The Labute approximate surface area is 413 Å². The SMILES string of the molecule is CCCCC/C=C\C/C=C\C/C=C\C/C=C\C/C=C\CCC(=O)OC[C@H](COC(=O)CCCCCCCCCCCCCCC)OC(=O)CCC/C=C\C/C=C\C/C=C\CCCCCCCC. The zero-order valence-corrected chi connectivity index (χ0v) is 43.6. The maximum atomic E-state index is 12.8. The van der Waals surface area contributed by atoms with Crippen LogP contribution < -0.4 is 0 Å². The van der Waals surface area contributed by atoms with Crippen molar-refractivity contribution in [3.8, 4) is 0 Å². The highest BCUT2D eigenvalue weighted by Crippen LogP contribution is 2.14. The molecule has 0 amide bonds. The Morgan fingerprint density at radius 2 is 0.582 bits per heavy atom. The molecule has 0 aliphatic heterocycles. The molecule has 6 nitrogen and oxygen atoms in total. The Morgan fingerprint density at radius 1 is 0.299 bits per heavy atom. The maximum absolute atomic E-state index is 12.8. The Bertz CT molecular complexity index is 1350. The molecule has 0 aromatic heterocycles. The number of allylic oxidation sites excluding steroid dienone is 16. The third kappa shape index (κ3) is 53.2. The van der Waals surface area contributed by atoms with E-state index in [-0.39, 0.29) is 44.0 Å². The molecule has 0 radical (unpaired) electrons. The van der Waals surface area contributed by atoms with Gasteiger partial charge in [0, 0.05) is 19.3 Å². The van der Waals surface area contributed by atoms with Gasteiger partial charge in [0.05, 0.1) is 0 Å². The van der Waals surface area contributed by atoms with Crippen LogP contribution in [0.2, 0.25) is 0 Å². The van der Waals surface area contributed by atoms with Crippen molar-refractivity contribution < 1.29 is 28.6 Å². The van der Waals surface area contributed by atoms with Crippen LogP contribution in [0, 0.1) is 0 Å². The highest BCUT2D eigenvalue weighted by atomic mass is 16.6. The summed E-state index contributed by atoms with van der Waals surface area (Å²) in [6.07, 6.45) is 72.7. The van der Waals surface area contributed by atoms with Crippen molar-refractivity contribution in [2.75, 3.05) is 13.2 Å². The second-order valence-corrected chi connectivity index (χ2v) is 18.1. The molecule has 0 aromatic rings. The number of ether oxygens (including phenoxy) is 3. The van der Waals surface area contributed by atoms with E-state index in [1.165, 1.54) is 135 Å². The van der Waals surface area contributed by atoms with Crippen molar-refractivity contribution in [3.05, 3.63) is 97.2 Å². The van der Waals surface area contributed by atoms with Crippen LogP contribution in [0.25, 0.3) is 0 Å². The molecule has 382 valence electrons. The Hall–Kier alpha value is -3.67. The zero-order chi connectivity index (χ0) is 48.6. The predicted octanol–water partition coefficient (Wildman–Crippen LogP) is 18.5.